The van der Waals surface area contributed by atoms with E-state index in [1.807, 2.05) is 0 Å². The summed E-state index contributed by atoms with van der Waals surface area (Å²) in [6.07, 6.45) is 5.33. The molecule has 0 rings (SSSR count). The summed E-state index contributed by atoms with van der Waals surface area (Å²) < 4.78 is 9.82. The van der Waals surface area contributed by atoms with Crippen LogP contribution in [0.4, 0.5) is 0 Å². The maximum atomic E-state index is 11.5. The van der Waals surface area contributed by atoms with Crippen LogP contribution in [0.2, 0.25) is 0 Å². The molecule has 0 saturated heterocycles. The number of esters is 2. The second-order valence-electron chi connectivity index (χ2n) is 4.05. The van der Waals surface area contributed by atoms with Gasteiger partial charge in [-0.05, 0) is 19.8 Å². The fourth-order valence-electron chi connectivity index (χ4n) is 1.59. The first-order chi connectivity index (χ1) is 8.11. The quantitative estimate of drug-likeness (QED) is 0.462. The number of hydrogen-bond acceptors (Lipinski definition) is 4. The number of carbonyl (C=O) groups excluding carboxylic acids is 2. The van der Waals surface area contributed by atoms with Gasteiger partial charge in [0.1, 0.15) is 0 Å². The highest BCUT2D eigenvalue weighted by atomic mass is 16.6. The van der Waals surface area contributed by atoms with Crippen LogP contribution in [0, 0.1) is 0 Å². The summed E-state index contributed by atoms with van der Waals surface area (Å²) >= 11 is 0. The molecule has 0 aromatic heterocycles. The predicted octanol–water partition coefficient (Wildman–Crippen LogP) is 2.84. The molecule has 0 heterocycles. The highest BCUT2D eigenvalue weighted by Gasteiger charge is 2.22. The van der Waals surface area contributed by atoms with Gasteiger partial charge in [0.05, 0.1) is 6.61 Å². The van der Waals surface area contributed by atoms with Gasteiger partial charge in [-0.3, -0.25) is 4.79 Å². The van der Waals surface area contributed by atoms with Crippen molar-refractivity contribution < 1.29 is 19.1 Å². The molecular weight excluding hydrogens is 220 g/mol. The average Bonchev–Trinajstić information content (AvgIpc) is 2.27. The van der Waals surface area contributed by atoms with E-state index < -0.39 is 18.0 Å². The van der Waals surface area contributed by atoms with Crippen LogP contribution < -0.4 is 0 Å². The fraction of sp³-hybridized carbons (Fsp3) is 0.846. The molecule has 0 unspecified atom stereocenters. The molecule has 0 bridgehead atoms. The molecule has 0 aromatic carbocycles. The Morgan fingerprint density at radius 2 is 1.71 bits per heavy atom. The van der Waals surface area contributed by atoms with E-state index in [1.165, 1.54) is 19.8 Å². The largest absolute Gasteiger partial charge is 0.463 e. The summed E-state index contributed by atoms with van der Waals surface area (Å²) in [7, 11) is 0. The van der Waals surface area contributed by atoms with Gasteiger partial charge in [0.2, 0.25) is 0 Å². The van der Waals surface area contributed by atoms with Crippen molar-refractivity contribution in [3.8, 4) is 0 Å². The van der Waals surface area contributed by atoms with Gasteiger partial charge in [0.15, 0.2) is 6.10 Å². The molecule has 0 fully saturated rings. The van der Waals surface area contributed by atoms with Crippen molar-refractivity contribution in [3.05, 3.63) is 0 Å². The number of carbonyl (C=O) groups is 2. The topological polar surface area (TPSA) is 52.6 Å². The van der Waals surface area contributed by atoms with Gasteiger partial charge >= 0.3 is 11.9 Å². The summed E-state index contributed by atoms with van der Waals surface area (Å²) in [5.41, 5.74) is 0. The van der Waals surface area contributed by atoms with Gasteiger partial charge in [-0.25, -0.2) is 4.79 Å². The van der Waals surface area contributed by atoms with Crippen molar-refractivity contribution in [1.82, 2.24) is 0 Å². The molecule has 0 amide bonds. The Labute approximate surface area is 104 Å². The van der Waals surface area contributed by atoms with Crippen LogP contribution >= 0.6 is 0 Å². The lowest BCUT2D eigenvalue weighted by Gasteiger charge is -2.15. The number of ether oxygens (including phenoxy) is 2. The van der Waals surface area contributed by atoms with Crippen LogP contribution in [-0.4, -0.2) is 24.6 Å². The average molecular weight is 244 g/mol. The minimum absolute atomic E-state index is 0.312. The monoisotopic (exact) mass is 244 g/mol. The standard InChI is InChI=1S/C13H24O4/c1-4-6-7-8-9-10-12(17-11(3)14)13(15)16-5-2/h12H,4-10H2,1-3H3/t12-/m0/s1. The Morgan fingerprint density at radius 1 is 1.06 bits per heavy atom. The van der Waals surface area contributed by atoms with Crippen LogP contribution in [-0.2, 0) is 19.1 Å². The van der Waals surface area contributed by atoms with E-state index in [0.29, 0.717) is 13.0 Å². The third kappa shape index (κ3) is 8.72. The van der Waals surface area contributed by atoms with Crippen LogP contribution in [0.15, 0.2) is 0 Å². The Bertz CT molecular complexity index is 225. The zero-order valence-corrected chi connectivity index (χ0v) is 11.2. The lowest BCUT2D eigenvalue weighted by molar-refractivity contribution is -0.166. The lowest BCUT2D eigenvalue weighted by atomic mass is 10.1. The van der Waals surface area contributed by atoms with Crippen molar-refractivity contribution in [2.75, 3.05) is 6.61 Å². The van der Waals surface area contributed by atoms with Crippen LogP contribution in [0.5, 0.6) is 0 Å². The highest BCUT2D eigenvalue weighted by molar-refractivity contribution is 5.78. The summed E-state index contributed by atoms with van der Waals surface area (Å²) in [6, 6.07) is 0. The van der Waals surface area contributed by atoms with Gasteiger partial charge in [-0.1, -0.05) is 32.6 Å². The Hall–Kier alpha value is -1.06. The van der Waals surface area contributed by atoms with E-state index in [0.717, 1.165) is 19.3 Å². The summed E-state index contributed by atoms with van der Waals surface area (Å²) in [5.74, 6) is -0.866. The molecule has 17 heavy (non-hydrogen) atoms. The van der Waals surface area contributed by atoms with E-state index in [9.17, 15) is 9.59 Å². The zero-order valence-electron chi connectivity index (χ0n) is 11.2. The zero-order chi connectivity index (χ0) is 13.1. The molecule has 1 atom stereocenters. The van der Waals surface area contributed by atoms with E-state index in [2.05, 4.69) is 6.92 Å². The molecule has 0 aromatic rings. The minimum Gasteiger partial charge on any atom is -0.463 e. The smallest absolute Gasteiger partial charge is 0.347 e. The van der Waals surface area contributed by atoms with Crippen LogP contribution in [0.25, 0.3) is 0 Å². The molecule has 4 nitrogen and oxygen atoms in total. The van der Waals surface area contributed by atoms with Gasteiger partial charge < -0.3 is 9.47 Å². The van der Waals surface area contributed by atoms with Crippen LogP contribution in [0.1, 0.15) is 59.3 Å². The maximum absolute atomic E-state index is 11.5. The Kier molecular flexibility index (Phi) is 9.49. The number of rotatable bonds is 9. The Balaban J connectivity index is 3.93. The number of hydrogen-bond donors (Lipinski definition) is 0. The van der Waals surface area contributed by atoms with E-state index >= 15 is 0 Å². The number of unbranched alkanes of at least 4 members (excludes halogenated alkanes) is 4. The van der Waals surface area contributed by atoms with E-state index in [1.54, 1.807) is 6.92 Å². The normalized spacial score (nSPS) is 11.9. The molecule has 0 spiro atoms. The SMILES string of the molecule is CCCCCCC[C@H](OC(C)=O)C(=O)OCC. The van der Waals surface area contributed by atoms with E-state index in [-0.39, 0.29) is 0 Å². The molecule has 100 valence electrons. The van der Waals surface area contributed by atoms with Crippen molar-refractivity contribution in [2.24, 2.45) is 0 Å². The van der Waals surface area contributed by atoms with Crippen molar-refractivity contribution >= 4 is 11.9 Å². The fourth-order valence-corrected chi connectivity index (χ4v) is 1.59. The van der Waals surface area contributed by atoms with Crippen molar-refractivity contribution in [3.63, 3.8) is 0 Å². The molecule has 4 heteroatoms. The molecule has 0 N–H and O–H groups in total. The second-order valence-corrected chi connectivity index (χ2v) is 4.05. The first kappa shape index (κ1) is 15.9. The third-order valence-corrected chi connectivity index (χ3v) is 2.43. The maximum Gasteiger partial charge on any atom is 0.347 e. The molecule has 0 saturated carbocycles. The van der Waals surface area contributed by atoms with Gasteiger partial charge in [-0.2, -0.15) is 0 Å². The summed E-state index contributed by atoms with van der Waals surface area (Å²) in [5, 5.41) is 0. The van der Waals surface area contributed by atoms with Crippen molar-refractivity contribution in [2.45, 2.75) is 65.4 Å². The molecular formula is C13H24O4. The lowest BCUT2D eigenvalue weighted by Crippen LogP contribution is -2.28. The van der Waals surface area contributed by atoms with Crippen molar-refractivity contribution in [1.29, 1.82) is 0 Å². The first-order valence-electron chi connectivity index (χ1n) is 6.45. The second kappa shape index (κ2) is 10.1. The molecule has 0 radical (unpaired) electrons. The summed E-state index contributed by atoms with van der Waals surface area (Å²) in [4.78, 5) is 22.4. The molecule has 0 aliphatic heterocycles. The van der Waals surface area contributed by atoms with Gasteiger partial charge in [0.25, 0.3) is 0 Å². The van der Waals surface area contributed by atoms with Gasteiger partial charge in [0, 0.05) is 6.92 Å². The van der Waals surface area contributed by atoms with E-state index in [4.69, 9.17) is 9.47 Å². The predicted molar refractivity (Wildman–Crippen MR) is 65.6 cm³/mol. The van der Waals surface area contributed by atoms with Crippen LogP contribution in [0.3, 0.4) is 0 Å². The minimum atomic E-state index is -0.728. The van der Waals surface area contributed by atoms with Gasteiger partial charge in [-0.15, -0.1) is 0 Å². The summed E-state index contributed by atoms with van der Waals surface area (Å²) in [6.45, 7) is 5.51. The first-order valence-corrected chi connectivity index (χ1v) is 6.45. The third-order valence-electron chi connectivity index (χ3n) is 2.43. The highest BCUT2D eigenvalue weighted by Crippen LogP contribution is 2.11. The molecule has 0 aliphatic carbocycles. The molecule has 0 aliphatic rings. The Morgan fingerprint density at radius 3 is 2.24 bits per heavy atom.